The van der Waals surface area contributed by atoms with Gasteiger partial charge in [0.25, 0.3) is 0 Å². The van der Waals surface area contributed by atoms with Gasteiger partial charge in [-0.1, -0.05) is 180 Å². The second kappa shape index (κ2) is 31.6. The first-order chi connectivity index (χ1) is 19.1. The smallest absolute Gasteiger partial charge is 0.345 e. The molecule has 0 heterocycles. The number of rotatable bonds is 31. The fraction of sp³-hybridized carbons (Fsp3) is 0.941. The molecule has 0 saturated carbocycles. The van der Waals surface area contributed by atoms with Crippen LogP contribution >= 0.6 is 0 Å². The second-order valence-corrected chi connectivity index (χ2v) is 11.8. The van der Waals surface area contributed by atoms with Gasteiger partial charge in [-0.25, -0.2) is 4.79 Å². The molecule has 0 radical (unpaired) electrons. The van der Waals surface area contributed by atoms with Gasteiger partial charge in [-0.2, -0.15) is 0 Å². The number of aliphatic hydroxyl groups excluding tert-OH is 2. The molecule has 2 N–H and O–H groups in total. The zero-order chi connectivity index (χ0) is 28.7. The van der Waals surface area contributed by atoms with Crippen LogP contribution in [-0.4, -0.2) is 34.9 Å². The first-order valence-electron chi connectivity index (χ1n) is 17.1. The van der Waals surface area contributed by atoms with E-state index in [-0.39, 0.29) is 6.42 Å². The van der Waals surface area contributed by atoms with E-state index in [9.17, 15) is 9.59 Å². The molecule has 0 aliphatic heterocycles. The minimum absolute atomic E-state index is 0.184. The van der Waals surface area contributed by atoms with Gasteiger partial charge in [-0.05, 0) is 6.42 Å². The summed E-state index contributed by atoms with van der Waals surface area (Å²) in [7, 11) is 0. The van der Waals surface area contributed by atoms with Gasteiger partial charge in [0.2, 0.25) is 0 Å². The molecule has 1 atom stereocenters. The summed E-state index contributed by atoms with van der Waals surface area (Å²) in [5.41, 5.74) is 0. The number of carbonyl (C=O) groups is 2. The Morgan fingerprint density at radius 3 is 1.00 bits per heavy atom. The standard InChI is InChI=1S/C34H66O5/c1-2-3-4-5-6-7-8-9-10-11-12-13-14-15-16-17-18-19-20-21-22-23-24-25-26-27-28-29-30-33(37)39-34(38)32(36)31-35/h32,35-36H,2-31H2,1H3. The Kier molecular flexibility index (Phi) is 30.8. The lowest BCUT2D eigenvalue weighted by atomic mass is 10.0. The molecule has 1 unspecified atom stereocenters. The molecule has 0 bridgehead atoms. The average Bonchev–Trinajstić information content (AvgIpc) is 2.94. The van der Waals surface area contributed by atoms with E-state index in [0.29, 0.717) is 6.42 Å². The van der Waals surface area contributed by atoms with Crippen molar-refractivity contribution in [1.29, 1.82) is 0 Å². The largest absolute Gasteiger partial charge is 0.393 e. The van der Waals surface area contributed by atoms with Gasteiger partial charge >= 0.3 is 11.9 Å². The van der Waals surface area contributed by atoms with Crippen LogP contribution in [0.4, 0.5) is 0 Å². The van der Waals surface area contributed by atoms with Crippen molar-refractivity contribution >= 4 is 11.9 Å². The van der Waals surface area contributed by atoms with E-state index in [1.807, 2.05) is 0 Å². The maximum absolute atomic E-state index is 11.5. The third-order valence-electron chi connectivity index (χ3n) is 7.89. The van der Waals surface area contributed by atoms with Crippen LogP contribution in [0, 0.1) is 0 Å². The minimum Gasteiger partial charge on any atom is -0.393 e. The van der Waals surface area contributed by atoms with Crippen molar-refractivity contribution in [3.63, 3.8) is 0 Å². The fourth-order valence-corrected chi connectivity index (χ4v) is 5.24. The molecule has 0 aromatic rings. The number of hydrogen-bond donors (Lipinski definition) is 2. The van der Waals surface area contributed by atoms with Crippen LogP contribution in [0.5, 0.6) is 0 Å². The number of carbonyl (C=O) groups excluding carboxylic acids is 2. The summed E-state index contributed by atoms with van der Waals surface area (Å²) in [6.45, 7) is 1.56. The van der Waals surface area contributed by atoms with Crippen molar-refractivity contribution in [3.8, 4) is 0 Å². The van der Waals surface area contributed by atoms with Crippen molar-refractivity contribution in [1.82, 2.24) is 0 Å². The van der Waals surface area contributed by atoms with Crippen molar-refractivity contribution in [3.05, 3.63) is 0 Å². The van der Waals surface area contributed by atoms with E-state index in [1.54, 1.807) is 0 Å². The first-order valence-corrected chi connectivity index (χ1v) is 17.1. The molecule has 5 heteroatoms. The van der Waals surface area contributed by atoms with Crippen molar-refractivity contribution in [2.45, 2.75) is 199 Å². The van der Waals surface area contributed by atoms with E-state index in [1.165, 1.54) is 161 Å². The average molecular weight is 555 g/mol. The summed E-state index contributed by atoms with van der Waals surface area (Å²) in [5.74, 6) is -1.69. The van der Waals surface area contributed by atoms with Crippen LogP contribution in [0.3, 0.4) is 0 Å². The van der Waals surface area contributed by atoms with E-state index < -0.39 is 24.6 Å². The van der Waals surface area contributed by atoms with Crippen LogP contribution in [0.1, 0.15) is 193 Å². The maximum atomic E-state index is 11.5. The van der Waals surface area contributed by atoms with E-state index >= 15 is 0 Å². The highest BCUT2D eigenvalue weighted by Gasteiger charge is 2.18. The van der Waals surface area contributed by atoms with Crippen LogP contribution in [-0.2, 0) is 14.3 Å². The zero-order valence-corrected chi connectivity index (χ0v) is 25.9. The van der Waals surface area contributed by atoms with Crippen molar-refractivity contribution in [2.75, 3.05) is 6.61 Å². The number of hydrogen-bond acceptors (Lipinski definition) is 5. The normalized spacial score (nSPS) is 12.1. The summed E-state index contributed by atoms with van der Waals surface area (Å²) < 4.78 is 4.48. The Hall–Kier alpha value is -0.940. The van der Waals surface area contributed by atoms with Gasteiger partial charge in [0, 0.05) is 6.42 Å². The van der Waals surface area contributed by atoms with Crippen LogP contribution in [0.15, 0.2) is 0 Å². The monoisotopic (exact) mass is 554 g/mol. The highest BCUT2D eigenvalue weighted by atomic mass is 16.6. The second-order valence-electron chi connectivity index (χ2n) is 11.8. The third-order valence-corrected chi connectivity index (χ3v) is 7.89. The lowest BCUT2D eigenvalue weighted by Crippen LogP contribution is -2.28. The molecule has 0 saturated heterocycles. The molecule has 232 valence electrons. The molecule has 0 amide bonds. The number of esters is 2. The molecule has 0 aromatic heterocycles. The van der Waals surface area contributed by atoms with E-state index in [0.717, 1.165) is 12.8 Å². The first kappa shape index (κ1) is 38.1. The molecule has 0 fully saturated rings. The zero-order valence-electron chi connectivity index (χ0n) is 25.9. The van der Waals surface area contributed by atoms with Crippen molar-refractivity contribution < 1.29 is 24.5 Å². The summed E-state index contributed by atoms with van der Waals surface area (Å²) in [6, 6.07) is 0. The van der Waals surface area contributed by atoms with E-state index in [4.69, 9.17) is 10.2 Å². The number of unbranched alkanes of at least 4 members (excludes halogenated alkanes) is 27. The van der Waals surface area contributed by atoms with E-state index in [2.05, 4.69) is 11.7 Å². The topological polar surface area (TPSA) is 83.8 Å². The number of ether oxygens (including phenoxy) is 1. The fourth-order valence-electron chi connectivity index (χ4n) is 5.24. The van der Waals surface area contributed by atoms with Gasteiger partial charge in [-0.15, -0.1) is 0 Å². The predicted molar refractivity (Wildman–Crippen MR) is 164 cm³/mol. The third kappa shape index (κ3) is 29.9. The lowest BCUT2D eigenvalue weighted by Gasteiger charge is -2.06. The molecule has 5 nitrogen and oxygen atoms in total. The Bertz CT molecular complexity index is 522. The summed E-state index contributed by atoms with van der Waals surface area (Å²) >= 11 is 0. The van der Waals surface area contributed by atoms with Gasteiger partial charge < -0.3 is 14.9 Å². The van der Waals surface area contributed by atoms with Gasteiger partial charge in [0.1, 0.15) is 0 Å². The molecule has 39 heavy (non-hydrogen) atoms. The summed E-state index contributed by atoms with van der Waals surface area (Å²) in [6.07, 6.45) is 36.4. The Labute approximate surface area is 242 Å². The Balaban J connectivity index is 3.14. The molecule has 0 aliphatic carbocycles. The minimum atomic E-state index is -1.63. The molecule has 0 aliphatic rings. The van der Waals surface area contributed by atoms with Crippen molar-refractivity contribution in [2.24, 2.45) is 0 Å². The highest BCUT2D eigenvalue weighted by molar-refractivity contribution is 5.87. The van der Waals surface area contributed by atoms with Crippen LogP contribution in [0.2, 0.25) is 0 Å². The molecule has 0 rings (SSSR count). The Morgan fingerprint density at radius 2 is 0.744 bits per heavy atom. The SMILES string of the molecule is CCCCCCCCCCCCCCCCCCCCCCCCCCCCCCC(=O)OC(=O)C(O)CO. The molecule has 0 aromatic carbocycles. The van der Waals surface area contributed by atoms with Gasteiger partial charge in [0.05, 0.1) is 6.61 Å². The van der Waals surface area contributed by atoms with Gasteiger partial charge in [-0.3, -0.25) is 4.79 Å². The van der Waals surface area contributed by atoms with Crippen LogP contribution in [0.25, 0.3) is 0 Å². The highest BCUT2D eigenvalue weighted by Crippen LogP contribution is 2.16. The quantitative estimate of drug-likeness (QED) is 0.0506. The van der Waals surface area contributed by atoms with Gasteiger partial charge in [0.15, 0.2) is 6.10 Å². The maximum Gasteiger partial charge on any atom is 0.345 e. The van der Waals surface area contributed by atoms with Crippen LogP contribution < -0.4 is 0 Å². The molecular weight excluding hydrogens is 488 g/mol. The number of aliphatic hydroxyl groups is 2. The predicted octanol–water partition coefficient (Wildman–Crippen LogP) is 9.74. The summed E-state index contributed by atoms with van der Waals surface area (Å²) in [4.78, 5) is 22.7. The lowest BCUT2D eigenvalue weighted by molar-refractivity contribution is -0.167. The Morgan fingerprint density at radius 1 is 0.487 bits per heavy atom. The molecule has 0 spiro atoms. The summed E-state index contributed by atoms with van der Waals surface area (Å²) in [5, 5.41) is 17.7. The molecular formula is C34H66O5.